The van der Waals surface area contributed by atoms with Gasteiger partial charge < -0.3 is 9.47 Å². The van der Waals surface area contributed by atoms with Crippen LogP contribution >= 0.6 is 0 Å². The van der Waals surface area contributed by atoms with E-state index >= 15 is 0 Å². The molecule has 0 radical (unpaired) electrons. The van der Waals surface area contributed by atoms with Crippen molar-refractivity contribution in [3.05, 3.63) is 23.3 Å². The molecule has 0 aliphatic heterocycles. The molecule has 112 valence electrons. The third-order valence-electron chi connectivity index (χ3n) is 2.24. The van der Waals surface area contributed by atoms with Crippen molar-refractivity contribution in [1.82, 2.24) is 0 Å². The van der Waals surface area contributed by atoms with Crippen LogP contribution in [0.25, 0.3) is 0 Å². The molecule has 0 spiro atoms. The second kappa shape index (κ2) is 7.62. The van der Waals surface area contributed by atoms with Crippen LogP contribution in [0.3, 0.4) is 0 Å². The Morgan fingerprint density at radius 2 is 1.60 bits per heavy atom. The van der Waals surface area contributed by atoms with E-state index in [9.17, 15) is 14.4 Å². The number of ketones is 1. The first-order valence-electron chi connectivity index (χ1n) is 6.25. The fourth-order valence-corrected chi connectivity index (χ4v) is 1.27. The first-order chi connectivity index (χ1) is 9.06. The summed E-state index contributed by atoms with van der Waals surface area (Å²) < 4.78 is 9.81. The number of carbonyl (C=O) groups excluding carboxylic acids is 3. The zero-order valence-corrected chi connectivity index (χ0v) is 12.9. The third-order valence-corrected chi connectivity index (χ3v) is 2.24. The summed E-state index contributed by atoms with van der Waals surface area (Å²) in [6, 6.07) is 0. The smallest absolute Gasteiger partial charge is 0.335 e. The van der Waals surface area contributed by atoms with E-state index in [0.717, 1.165) is 0 Å². The van der Waals surface area contributed by atoms with Crippen LogP contribution in [-0.2, 0) is 23.9 Å². The molecule has 5 nitrogen and oxygen atoms in total. The summed E-state index contributed by atoms with van der Waals surface area (Å²) in [5.74, 6) is -1.28. The summed E-state index contributed by atoms with van der Waals surface area (Å²) in [5, 5.41) is 0. The van der Waals surface area contributed by atoms with Gasteiger partial charge in [0.1, 0.15) is 5.60 Å². The molecule has 0 aromatic heterocycles. The fraction of sp³-hybridized carbons (Fsp3) is 0.533. The van der Waals surface area contributed by atoms with Gasteiger partial charge in [-0.15, -0.1) is 0 Å². The molecule has 0 saturated carbocycles. The van der Waals surface area contributed by atoms with Gasteiger partial charge in [0.25, 0.3) is 0 Å². The van der Waals surface area contributed by atoms with Gasteiger partial charge in [0.2, 0.25) is 0 Å². The van der Waals surface area contributed by atoms with Gasteiger partial charge in [-0.05, 0) is 46.3 Å². The number of methoxy groups -OCH3 is 1. The normalized spacial score (nSPS) is 12.9. The van der Waals surface area contributed by atoms with Crippen LogP contribution in [0.5, 0.6) is 0 Å². The molecule has 0 amide bonds. The lowest BCUT2D eigenvalue weighted by molar-refractivity contribution is -0.152. The van der Waals surface area contributed by atoms with Gasteiger partial charge in [-0.2, -0.15) is 0 Å². The Labute approximate surface area is 119 Å². The first-order valence-corrected chi connectivity index (χ1v) is 6.25. The molecule has 0 atom stereocenters. The molecule has 0 rings (SSSR count). The van der Waals surface area contributed by atoms with Gasteiger partial charge >= 0.3 is 11.9 Å². The van der Waals surface area contributed by atoms with Crippen LogP contribution in [0.1, 0.15) is 41.0 Å². The quantitative estimate of drug-likeness (QED) is 0.440. The molecule has 0 saturated heterocycles. The largest absolute Gasteiger partial charge is 0.469 e. The van der Waals surface area contributed by atoms with E-state index in [1.807, 2.05) is 0 Å². The van der Waals surface area contributed by atoms with Crippen molar-refractivity contribution in [2.24, 2.45) is 0 Å². The molecule has 0 bridgehead atoms. The van der Waals surface area contributed by atoms with Crippen molar-refractivity contribution in [3.63, 3.8) is 0 Å². The predicted molar refractivity (Wildman–Crippen MR) is 75.0 cm³/mol. The van der Waals surface area contributed by atoms with Gasteiger partial charge in [-0.3, -0.25) is 9.59 Å². The second-order valence-electron chi connectivity index (χ2n) is 5.36. The Hall–Kier alpha value is -1.91. The molecule has 0 N–H and O–H groups in total. The van der Waals surface area contributed by atoms with Crippen LogP contribution in [0.15, 0.2) is 23.3 Å². The van der Waals surface area contributed by atoms with Crippen LogP contribution in [-0.4, -0.2) is 30.4 Å². The number of rotatable bonds is 5. The number of carbonyl (C=O) groups is 3. The molecule has 0 heterocycles. The van der Waals surface area contributed by atoms with Crippen molar-refractivity contribution in [2.45, 2.75) is 46.6 Å². The Morgan fingerprint density at radius 1 is 1.05 bits per heavy atom. The molecule has 0 aliphatic carbocycles. The molecule has 0 aromatic carbocycles. The Morgan fingerprint density at radius 3 is 2.00 bits per heavy atom. The minimum absolute atomic E-state index is 0.147. The van der Waals surface area contributed by atoms with Crippen molar-refractivity contribution >= 4 is 17.7 Å². The Bertz CT molecular complexity index is 449. The molecule has 20 heavy (non-hydrogen) atoms. The van der Waals surface area contributed by atoms with E-state index in [2.05, 4.69) is 4.74 Å². The maximum atomic E-state index is 12.1. The minimum Gasteiger partial charge on any atom is -0.469 e. The van der Waals surface area contributed by atoms with E-state index in [4.69, 9.17) is 4.74 Å². The monoisotopic (exact) mass is 282 g/mol. The molecule has 5 heteroatoms. The highest BCUT2D eigenvalue weighted by Gasteiger charge is 2.23. The average Bonchev–Trinajstić information content (AvgIpc) is 2.30. The minimum atomic E-state index is -0.664. The Balaban J connectivity index is 5.36. The third kappa shape index (κ3) is 7.51. The van der Waals surface area contributed by atoms with E-state index in [1.165, 1.54) is 26.2 Å². The number of esters is 2. The van der Waals surface area contributed by atoms with Gasteiger partial charge in [0, 0.05) is 0 Å². The molecular formula is C15H22O5. The number of allylic oxidation sites excluding steroid dienone is 3. The molecular weight excluding hydrogens is 260 g/mol. The summed E-state index contributed by atoms with van der Waals surface area (Å²) in [4.78, 5) is 34.4. The lowest BCUT2D eigenvalue weighted by Crippen LogP contribution is -2.26. The highest BCUT2D eigenvalue weighted by molar-refractivity contribution is 5.96. The zero-order valence-electron chi connectivity index (χ0n) is 12.9. The number of hydrogen-bond donors (Lipinski definition) is 0. The highest BCUT2D eigenvalue weighted by atomic mass is 16.6. The summed E-state index contributed by atoms with van der Waals surface area (Å²) in [6.07, 6.45) is 2.63. The maximum Gasteiger partial charge on any atom is 0.335 e. The van der Waals surface area contributed by atoms with Crippen molar-refractivity contribution in [2.75, 3.05) is 7.11 Å². The summed E-state index contributed by atoms with van der Waals surface area (Å²) in [5.41, 5.74) is 0.0207. The zero-order chi connectivity index (χ0) is 15.9. The number of ether oxygens (including phenoxy) is 2. The average molecular weight is 282 g/mol. The fourth-order valence-electron chi connectivity index (χ4n) is 1.27. The van der Waals surface area contributed by atoms with E-state index in [0.29, 0.717) is 5.57 Å². The first kappa shape index (κ1) is 18.1. The van der Waals surface area contributed by atoms with Gasteiger partial charge in [0.15, 0.2) is 5.78 Å². The van der Waals surface area contributed by atoms with E-state index in [1.54, 1.807) is 27.7 Å². The van der Waals surface area contributed by atoms with Crippen molar-refractivity contribution < 1.29 is 23.9 Å². The van der Waals surface area contributed by atoms with Crippen LogP contribution in [0.4, 0.5) is 0 Å². The SMILES string of the molecule is COC(=O)C/C(C(=O)OC(C)(C)C)=C(C)\C=C\C(C)=O. The van der Waals surface area contributed by atoms with Gasteiger partial charge in [0.05, 0.1) is 19.1 Å². The summed E-state index contributed by atoms with van der Waals surface area (Å²) in [6.45, 7) is 8.25. The predicted octanol–water partition coefficient (Wildman–Crippen LogP) is 2.35. The van der Waals surface area contributed by atoms with Crippen LogP contribution in [0.2, 0.25) is 0 Å². The Kier molecular flexibility index (Phi) is 6.90. The standard InChI is InChI=1S/C15H22O5/c1-10(7-8-11(2)16)12(9-13(17)19-6)14(18)20-15(3,4)5/h7-8H,9H2,1-6H3/b8-7+,12-10+. The molecule has 0 aliphatic rings. The van der Waals surface area contributed by atoms with Crippen molar-refractivity contribution in [1.29, 1.82) is 0 Å². The van der Waals surface area contributed by atoms with Crippen LogP contribution < -0.4 is 0 Å². The van der Waals surface area contributed by atoms with E-state index in [-0.39, 0.29) is 17.8 Å². The van der Waals surface area contributed by atoms with Crippen LogP contribution in [0, 0.1) is 0 Å². The summed E-state index contributed by atoms with van der Waals surface area (Å²) in [7, 11) is 1.25. The second-order valence-corrected chi connectivity index (χ2v) is 5.36. The highest BCUT2D eigenvalue weighted by Crippen LogP contribution is 2.17. The lowest BCUT2D eigenvalue weighted by atomic mass is 10.0. The van der Waals surface area contributed by atoms with E-state index < -0.39 is 17.5 Å². The van der Waals surface area contributed by atoms with Gasteiger partial charge in [-0.1, -0.05) is 6.08 Å². The number of hydrogen-bond acceptors (Lipinski definition) is 5. The molecule has 0 aromatic rings. The summed E-state index contributed by atoms with van der Waals surface area (Å²) >= 11 is 0. The van der Waals surface area contributed by atoms with Gasteiger partial charge in [-0.25, -0.2) is 4.79 Å². The molecule has 0 fully saturated rings. The van der Waals surface area contributed by atoms with Crippen molar-refractivity contribution in [3.8, 4) is 0 Å². The lowest BCUT2D eigenvalue weighted by Gasteiger charge is -2.21. The topological polar surface area (TPSA) is 69.7 Å². The molecule has 0 unspecified atom stereocenters. The maximum absolute atomic E-state index is 12.1.